The average Bonchev–Trinajstić information content (AvgIpc) is 2.79. The van der Waals surface area contributed by atoms with Gasteiger partial charge in [-0.1, -0.05) is 54.8 Å². The molecule has 0 saturated carbocycles. The minimum atomic E-state index is -0.328. The molecule has 5 heteroatoms. The van der Waals surface area contributed by atoms with E-state index in [2.05, 4.69) is 29.8 Å². The van der Waals surface area contributed by atoms with Crippen LogP contribution in [0.25, 0.3) is 0 Å². The quantitative estimate of drug-likeness (QED) is 0.549. The summed E-state index contributed by atoms with van der Waals surface area (Å²) in [5.74, 6) is 4.77. The van der Waals surface area contributed by atoms with Crippen LogP contribution in [-0.2, 0) is 6.42 Å². The van der Waals surface area contributed by atoms with Gasteiger partial charge in [0, 0.05) is 18.8 Å². The molecule has 4 nitrogen and oxygen atoms in total. The van der Waals surface area contributed by atoms with Crippen LogP contribution < -0.4 is 5.32 Å². The SMILES string of the molecule is C#CCNCCC(=C)N(CC#C)C(=O)N1CCc2ccccc2[C@@H]1c1ccc(F)cc1. The molecule has 1 N–H and O–H groups in total. The molecule has 158 valence electrons. The van der Waals surface area contributed by atoms with E-state index in [1.54, 1.807) is 21.9 Å². The maximum absolute atomic E-state index is 13.6. The maximum atomic E-state index is 13.6. The number of benzene rings is 2. The zero-order valence-corrected chi connectivity index (χ0v) is 17.5. The van der Waals surface area contributed by atoms with E-state index < -0.39 is 0 Å². The first-order valence-corrected chi connectivity index (χ1v) is 10.2. The molecule has 2 aromatic rings. The van der Waals surface area contributed by atoms with Crippen LogP contribution in [0.3, 0.4) is 0 Å². The first kappa shape index (κ1) is 22.2. The van der Waals surface area contributed by atoms with Crippen LogP contribution in [-0.4, -0.2) is 42.0 Å². The third kappa shape index (κ3) is 5.15. The molecule has 0 aromatic heterocycles. The number of rotatable bonds is 7. The Bertz CT molecular complexity index is 1020. The van der Waals surface area contributed by atoms with Crippen molar-refractivity contribution < 1.29 is 9.18 Å². The van der Waals surface area contributed by atoms with Crippen molar-refractivity contribution in [1.29, 1.82) is 0 Å². The average molecular weight is 416 g/mol. The molecule has 0 saturated heterocycles. The summed E-state index contributed by atoms with van der Waals surface area (Å²) in [7, 11) is 0. The number of urea groups is 1. The predicted molar refractivity (Wildman–Crippen MR) is 121 cm³/mol. The van der Waals surface area contributed by atoms with Crippen molar-refractivity contribution in [3.8, 4) is 24.7 Å². The van der Waals surface area contributed by atoms with Crippen LogP contribution in [0.15, 0.2) is 60.8 Å². The number of fused-ring (bicyclic) bond motifs is 1. The molecule has 0 unspecified atom stereocenters. The second-order valence-corrected chi connectivity index (χ2v) is 7.37. The molecule has 1 aliphatic rings. The van der Waals surface area contributed by atoms with Crippen LogP contribution in [0.1, 0.15) is 29.2 Å². The van der Waals surface area contributed by atoms with Gasteiger partial charge in [0.15, 0.2) is 0 Å². The van der Waals surface area contributed by atoms with Crippen molar-refractivity contribution in [2.75, 3.05) is 26.2 Å². The summed E-state index contributed by atoms with van der Waals surface area (Å²) in [6.45, 7) is 5.79. The summed E-state index contributed by atoms with van der Waals surface area (Å²) < 4.78 is 13.6. The second kappa shape index (κ2) is 10.5. The fourth-order valence-electron chi connectivity index (χ4n) is 3.87. The molecule has 2 amide bonds. The molecule has 0 aliphatic carbocycles. The number of nitrogens with zero attached hydrogens (tertiary/aromatic N) is 2. The molecule has 0 radical (unpaired) electrons. The van der Waals surface area contributed by atoms with E-state index in [9.17, 15) is 9.18 Å². The fourth-order valence-corrected chi connectivity index (χ4v) is 3.87. The van der Waals surface area contributed by atoms with E-state index in [1.807, 2.05) is 18.2 Å². The molecule has 1 heterocycles. The first-order chi connectivity index (χ1) is 15.1. The number of terminal acetylenes is 2. The van der Waals surface area contributed by atoms with Crippen LogP contribution in [0.4, 0.5) is 9.18 Å². The third-order valence-electron chi connectivity index (χ3n) is 5.39. The van der Waals surface area contributed by atoms with Crippen LogP contribution in [0, 0.1) is 30.5 Å². The smallest absolute Gasteiger partial charge is 0.313 e. The van der Waals surface area contributed by atoms with Gasteiger partial charge in [-0.05, 0) is 41.7 Å². The standard InChI is InChI=1S/C26H26FN3O/c1-4-16-28-17-14-20(3)29(18-5-2)26(31)30-19-15-21-8-6-7-9-24(21)25(30)22-10-12-23(27)13-11-22/h1-2,6-13,25,28H,3,14-19H2/t25-/m0/s1. The topological polar surface area (TPSA) is 35.6 Å². The van der Waals surface area contributed by atoms with Gasteiger partial charge in [0.05, 0.1) is 19.1 Å². The van der Waals surface area contributed by atoms with Gasteiger partial charge in [-0.3, -0.25) is 4.90 Å². The highest BCUT2D eigenvalue weighted by Crippen LogP contribution is 2.36. The molecule has 2 aromatic carbocycles. The molecule has 1 aliphatic heterocycles. The highest BCUT2D eigenvalue weighted by molar-refractivity contribution is 5.78. The van der Waals surface area contributed by atoms with Crippen LogP contribution in [0.2, 0.25) is 0 Å². The van der Waals surface area contributed by atoms with Crippen molar-refractivity contribution in [2.45, 2.75) is 18.9 Å². The maximum Gasteiger partial charge on any atom is 0.325 e. The van der Waals surface area contributed by atoms with E-state index in [4.69, 9.17) is 12.8 Å². The predicted octanol–water partition coefficient (Wildman–Crippen LogP) is 3.96. The van der Waals surface area contributed by atoms with E-state index >= 15 is 0 Å². The van der Waals surface area contributed by atoms with Gasteiger partial charge in [-0.2, -0.15) is 0 Å². The number of carbonyl (C=O) groups is 1. The van der Waals surface area contributed by atoms with Crippen molar-refractivity contribution in [1.82, 2.24) is 15.1 Å². The normalized spacial score (nSPS) is 14.8. The number of nitrogens with one attached hydrogen (secondary N) is 1. The minimum Gasteiger partial charge on any atom is -0.313 e. The summed E-state index contributed by atoms with van der Waals surface area (Å²) >= 11 is 0. The summed E-state index contributed by atoms with van der Waals surface area (Å²) in [4.78, 5) is 17.0. The molecular weight excluding hydrogens is 389 g/mol. The number of carbonyl (C=O) groups excluding carboxylic acids is 1. The second-order valence-electron chi connectivity index (χ2n) is 7.37. The van der Waals surface area contributed by atoms with Gasteiger partial charge in [-0.25, -0.2) is 9.18 Å². The van der Waals surface area contributed by atoms with Gasteiger partial charge in [0.25, 0.3) is 0 Å². The molecule has 0 spiro atoms. The Labute approximate surface area is 183 Å². The van der Waals surface area contributed by atoms with Gasteiger partial charge in [0.2, 0.25) is 0 Å². The lowest BCUT2D eigenvalue weighted by Crippen LogP contribution is -2.48. The summed E-state index contributed by atoms with van der Waals surface area (Å²) in [6, 6.07) is 13.8. The number of halogens is 1. The highest BCUT2D eigenvalue weighted by Gasteiger charge is 2.34. The Morgan fingerprint density at radius 2 is 1.94 bits per heavy atom. The number of hydrogen-bond acceptors (Lipinski definition) is 2. The minimum absolute atomic E-state index is 0.126. The van der Waals surface area contributed by atoms with Crippen LogP contribution in [0.5, 0.6) is 0 Å². The zero-order valence-electron chi connectivity index (χ0n) is 17.5. The van der Waals surface area contributed by atoms with Gasteiger partial charge in [0.1, 0.15) is 5.82 Å². The van der Waals surface area contributed by atoms with Crippen molar-refractivity contribution in [2.24, 2.45) is 0 Å². The molecule has 0 bridgehead atoms. The van der Waals surface area contributed by atoms with Crippen molar-refractivity contribution in [3.63, 3.8) is 0 Å². The van der Waals surface area contributed by atoms with Crippen LogP contribution >= 0.6 is 0 Å². The lowest BCUT2D eigenvalue weighted by atomic mass is 9.88. The van der Waals surface area contributed by atoms with E-state index in [-0.39, 0.29) is 24.4 Å². The highest BCUT2D eigenvalue weighted by atomic mass is 19.1. The van der Waals surface area contributed by atoms with Gasteiger partial charge < -0.3 is 10.2 Å². The third-order valence-corrected chi connectivity index (χ3v) is 5.39. The molecule has 31 heavy (non-hydrogen) atoms. The first-order valence-electron chi connectivity index (χ1n) is 10.2. The number of amides is 2. The Kier molecular flexibility index (Phi) is 7.49. The molecule has 1 atom stereocenters. The number of hydrogen-bond donors (Lipinski definition) is 1. The summed E-state index contributed by atoms with van der Waals surface area (Å²) in [5.41, 5.74) is 3.70. The zero-order chi connectivity index (χ0) is 22.2. The Morgan fingerprint density at radius 3 is 2.65 bits per heavy atom. The Balaban J connectivity index is 1.91. The molecular formula is C26H26FN3O. The van der Waals surface area contributed by atoms with Gasteiger partial charge in [-0.15, -0.1) is 12.8 Å². The Morgan fingerprint density at radius 1 is 1.19 bits per heavy atom. The summed E-state index contributed by atoms with van der Waals surface area (Å²) in [5, 5.41) is 3.10. The largest absolute Gasteiger partial charge is 0.325 e. The van der Waals surface area contributed by atoms with E-state index in [1.165, 1.54) is 17.7 Å². The van der Waals surface area contributed by atoms with E-state index in [0.29, 0.717) is 31.8 Å². The molecule has 3 rings (SSSR count). The lowest BCUT2D eigenvalue weighted by Gasteiger charge is -2.40. The van der Waals surface area contributed by atoms with Crippen molar-refractivity contribution in [3.05, 3.63) is 83.3 Å². The fraction of sp³-hybridized carbons (Fsp3) is 0.269. The molecule has 0 fully saturated rings. The van der Waals surface area contributed by atoms with Gasteiger partial charge >= 0.3 is 6.03 Å². The Hall–Kier alpha value is -3.54. The van der Waals surface area contributed by atoms with E-state index in [0.717, 1.165) is 17.5 Å². The van der Waals surface area contributed by atoms with Crippen molar-refractivity contribution >= 4 is 6.03 Å². The monoisotopic (exact) mass is 415 g/mol. The lowest BCUT2D eigenvalue weighted by molar-refractivity contribution is 0.151. The summed E-state index contributed by atoms with van der Waals surface area (Å²) in [6.07, 6.45) is 12.1.